The Morgan fingerprint density at radius 1 is 1.55 bits per heavy atom. The summed E-state index contributed by atoms with van der Waals surface area (Å²) in [6.07, 6.45) is 1.10. The van der Waals surface area contributed by atoms with Gasteiger partial charge in [0.15, 0.2) is 5.69 Å². The Hall–Kier alpha value is -0.870. The van der Waals surface area contributed by atoms with Crippen LogP contribution in [0.2, 0.25) is 5.15 Å². The third kappa shape index (κ3) is 2.69. The van der Waals surface area contributed by atoms with Crippen LogP contribution in [0.25, 0.3) is 0 Å². The molecule has 0 radical (unpaired) electrons. The largest absolute Gasteiger partial charge is 0.477 e. The van der Waals surface area contributed by atoms with E-state index in [2.05, 4.69) is 9.97 Å². The van der Waals surface area contributed by atoms with Gasteiger partial charge in [0, 0.05) is 6.07 Å². The molecule has 0 aliphatic carbocycles. The molecule has 0 unspecified atom stereocenters. The number of aromatic carboxylic acids is 1. The molecule has 0 fully saturated rings. The SMILES string of the molecule is Cl.O=C(O)c1cc(Cl)ncn1. The first-order valence-corrected chi connectivity index (χ1v) is 2.79. The summed E-state index contributed by atoms with van der Waals surface area (Å²) in [5.41, 5.74) is -0.0972. The van der Waals surface area contributed by atoms with Gasteiger partial charge in [-0.2, -0.15) is 0 Å². The third-order valence-corrected chi connectivity index (χ3v) is 1.06. The van der Waals surface area contributed by atoms with Crippen LogP contribution in [-0.2, 0) is 0 Å². The minimum absolute atomic E-state index is 0. The second-order valence-electron chi connectivity index (χ2n) is 1.53. The highest BCUT2D eigenvalue weighted by molar-refractivity contribution is 6.29. The van der Waals surface area contributed by atoms with Gasteiger partial charge in [0.1, 0.15) is 11.5 Å². The number of halogens is 2. The van der Waals surface area contributed by atoms with E-state index in [4.69, 9.17) is 16.7 Å². The molecule has 0 spiro atoms. The van der Waals surface area contributed by atoms with Crippen LogP contribution in [-0.4, -0.2) is 21.0 Å². The van der Waals surface area contributed by atoms with E-state index >= 15 is 0 Å². The van der Waals surface area contributed by atoms with Crippen LogP contribution < -0.4 is 0 Å². The maximum Gasteiger partial charge on any atom is 0.354 e. The summed E-state index contributed by atoms with van der Waals surface area (Å²) in [5.74, 6) is -1.11. The standard InChI is InChI=1S/C5H3ClN2O2.ClH/c6-4-1-3(5(9)10)7-2-8-4;/h1-2H,(H,9,10);1H. The summed E-state index contributed by atoms with van der Waals surface area (Å²) in [6.45, 7) is 0. The summed E-state index contributed by atoms with van der Waals surface area (Å²) < 4.78 is 0. The maximum atomic E-state index is 10.2. The molecule has 1 aromatic rings. The second kappa shape index (κ2) is 4.10. The Bertz CT molecular complexity index is 266. The minimum atomic E-state index is -1.11. The molecular weight excluding hydrogens is 191 g/mol. The predicted octanol–water partition coefficient (Wildman–Crippen LogP) is 1.25. The van der Waals surface area contributed by atoms with Crippen molar-refractivity contribution in [1.82, 2.24) is 9.97 Å². The number of hydrogen-bond donors (Lipinski definition) is 1. The van der Waals surface area contributed by atoms with E-state index in [1.807, 2.05) is 0 Å². The van der Waals surface area contributed by atoms with Crippen molar-refractivity contribution in [3.63, 3.8) is 0 Å². The Morgan fingerprint density at radius 2 is 2.18 bits per heavy atom. The molecule has 60 valence electrons. The number of carbonyl (C=O) groups is 1. The molecule has 1 rings (SSSR count). The van der Waals surface area contributed by atoms with Gasteiger partial charge < -0.3 is 5.11 Å². The van der Waals surface area contributed by atoms with Crippen molar-refractivity contribution >= 4 is 30.0 Å². The molecule has 0 aliphatic rings. The van der Waals surface area contributed by atoms with Crippen LogP contribution in [0, 0.1) is 0 Å². The topological polar surface area (TPSA) is 63.1 Å². The highest BCUT2D eigenvalue weighted by atomic mass is 35.5. The quantitative estimate of drug-likeness (QED) is 0.684. The first-order chi connectivity index (χ1) is 4.70. The third-order valence-electron chi connectivity index (χ3n) is 0.853. The van der Waals surface area contributed by atoms with Gasteiger partial charge in [-0.1, -0.05) is 11.6 Å². The lowest BCUT2D eigenvalue weighted by molar-refractivity contribution is 0.0690. The van der Waals surface area contributed by atoms with Crippen molar-refractivity contribution in [2.45, 2.75) is 0 Å². The zero-order valence-corrected chi connectivity index (χ0v) is 6.76. The molecule has 4 nitrogen and oxygen atoms in total. The van der Waals surface area contributed by atoms with Crippen molar-refractivity contribution in [3.05, 3.63) is 23.2 Å². The van der Waals surface area contributed by atoms with E-state index in [1.165, 1.54) is 6.07 Å². The van der Waals surface area contributed by atoms with Crippen molar-refractivity contribution in [3.8, 4) is 0 Å². The van der Waals surface area contributed by atoms with Gasteiger partial charge in [-0.3, -0.25) is 0 Å². The molecule has 0 amide bonds. The molecule has 0 aromatic carbocycles. The second-order valence-corrected chi connectivity index (χ2v) is 1.92. The average molecular weight is 195 g/mol. The summed E-state index contributed by atoms with van der Waals surface area (Å²) in [4.78, 5) is 17.2. The molecule has 11 heavy (non-hydrogen) atoms. The molecule has 0 aliphatic heterocycles. The molecular formula is C5H4Cl2N2O2. The van der Waals surface area contributed by atoms with Crippen LogP contribution in [0.4, 0.5) is 0 Å². The average Bonchev–Trinajstić information content (AvgIpc) is 1.88. The lowest BCUT2D eigenvalue weighted by Crippen LogP contribution is -1.99. The van der Waals surface area contributed by atoms with Crippen LogP contribution in [0.5, 0.6) is 0 Å². The van der Waals surface area contributed by atoms with Crippen LogP contribution >= 0.6 is 24.0 Å². The summed E-state index contributed by atoms with van der Waals surface area (Å²) in [7, 11) is 0. The monoisotopic (exact) mass is 194 g/mol. The number of aromatic nitrogens is 2. The van der Waals surface area contributed by atoms with Crippen molar-refractivity contribution in [2.24, 2.45) is 0 Å². The lowest BCUT2D eigenvalue weighted by Gasteiger charge is -1.90. The highest BCUT2D eigenvalue weighted by Gasteiger charge is 2.03. The number of carboxylic acid groups (broad SMARTS) is 1. The lowest BCUT2D eigenvalue weighted by atomic mass is 10.4. The van der Waals surface area contributed by atoms with Gasteiger partial charge >= 0.3 is 5.97 Å². The van der Waals surface area contributed by atoms with Crippen molar-refractivity contribution in [2.75, 3.05) is 0 Å². The number of rotatable bonds is 1. The fourth-order valence-corrected chi connectivity index (χ4v) is 0.598. The first kappa shape index (κ1) is 10.1. The summed E-state index contributed by atoms with van der Waals surface area (Å²) in [6, 6.07) is 1.18. The Balaban J connectivity index is 0.000001000. The number of nitrogens with zero attached hydrogens (tertiary/aromatic N) is 2. The van der Waals surface area contributed by atoms with E-state index in [-0.39, 0.29) is 23.3 Å². The Kier molecular flexibility index (Phi) is 3.78. The van der Waals surface area contributed by atoms with Crippen molar-refractivity contribution < 1.29 is 9.90 Å². The molecule has 1 heterocycles. The minimum Gasteiger partial charge on any atom is -0.477 e. The van der Waals surface area contributed by atoms with E-state index in [9.17, 15) is 4.79 Å². The zero-order valence-electron chi connectivity index (χ0n) is 5.19. The van der Waals surface area contributed by atoms with Gasteiger partial charge in [-0.05, 0) is 0 Å². The van der Waals surface area contributed by atoms with Crippen LogP contribution in [0.15, 0.2) is 12.4 Å². The smallest absolute Gasteiger partial charge is 0.354 e. The zero-order chi connectivity index (χ0) is 7.56. The Morgan fingerprint density at radius 3 is 2.55 bits per heavy atom. The Labute approximate surface area is 73.6 Å². The molecule has 0 saturated heterocycles. The fourth-order valence-electron chi connectivity index (χ4n) is 0.451. The molecule has 0 bridgehead atoms. The molecule has 1 N–H and O–H groups in total. The summed E-state index contributed by atoms with van der Waals surface area (Å²) >= 11 is 5.37. The summed E-state index contributed by atoms with van der Waals surface area (Å²) in [5, 5.41) is 8.49. The van der Waals surface area contributed by atoms with Crippen LogP contribution in [0.1, 0.15) is 10.5 Å². The van der Waals surface area contributed by atoms with Gasteiger partial charge in [0.25, 0.3) is 0 Å². The number of hydrogen-bond acceptors (Lipinski definition) is 3. The van der Waals surface area contributed by atoms with Gasteiger partial charge in [0.2, 0.25) is 0 Å². The maximum absolute atomic E-state index is 10.2. The van der Waals surface area contributed by atoms with Gasteiger partial charge in [0.05, 0.1) is 0 Å². The predicted molar refractivity (Wildman–Crippen MR) is 41.2 cm³/mol. The molecule has 6 heteroatoms. The normalized spacial score (nSPS) is 8.45. The van der Waals surface area contributed by atoms with E-state index in [1.54, 1.807) is 0 Å². The first-order valence-electron chi connectivity index (χ1n) is 2.41. The number of carboxylic acids is 1. The van der Waals surface area contributed by atoms with Gasteiger partial charge in [-0.25, -0.2) is 14.8 Å². The molecule has 1 aromatic heterocycles. The van der Waals surface area contributed by atoms with E-state index < -0.39 is 5.97 Å². The fraction of sp³-hybridized carbons (Fsp3) is 0. The molecule has 0 saturated carbocycles. The highest BCUT2D eigenvalue weighted by Crippen LogP contribution is 2.03. The van der Waals surface area contributed by atoms with Gasteiger partial charge in [-0.15, -0.1) is 12.4 Å². The van der Waals surface area contributed by atoms with Crippen LogP contribution in [0.3, 0.4) is 0 Å². The van der Waals surface area contributed by atoms with E-state index in [0.29, 0.717) is 0 Å². The van der Waals surface area contributed by atoms with E-state index in [0.717, 1.165) is 6.33 Å². The van der Waals surface area contributed by atoms with Crippen molar-refractivity contribution in [1.29, 1.82) is 0 Å². The molecule has 0 atom stereocenters.